The molecule has 0 saturated carbocycles. The number of aryl methyl sites for hydroxylation is 1. The molecular formula is C18H17BrN2O. The Bertz CT molecular complexity index is 753. The quantitative estimate of drug-likeness (QED) is 0.719. The first-order chi connectivity index (χ1) is 10.7. The molecule has 0 aliphatic carbocycles. The molecule has 0 aliphatic heterocycles. The zero-order chi connectivity index (χ0) is 15.4. The lowest BCUT2D eigenvalue weighted by molar-refractivity contribution is 0.493. The van der Waals surface area contributed by atoms with Gasteiger partial charge < -0.3 is 9.73 Å². The zero-order valence-electron chi connectivity index (χ0n) is 12.3. The summed E-state index contributed by atoms with van der Waals surface area (Å²) in [5.74, 6) is 1.84. The van der Waals surface area contributed by atoms with Gasteiger partial charge >= 0.3 is 0 Å². The van der Waals surface area contributed by atoms with Gasteiger partial charge in [-0.2, -0.15) is 0 Å². The lowest BCUT2D eigenvalue weighted by Crippen LogP contribution is -2.12. The van der Waals surface area contributed by atoms with E-state index in [1.807, 2.05) is 30.5 Å². The summed E-state index contributed by atoms with van der Waals surface area (Å²) in [7, 11) is 0. The molecular weight excluding hydrogens is 340 g/mol. The van der Waals surface area contributed by atoms with Gasteiger partial charge in [0.05, 0.1) is 6.54 Å². The van der Waals surface area contributed by atoms with E-state index in [1.165, 1.54) is 5.56 Å². The zero-order valence-corrected chi connectivity index (χ0v) is 13.9. The summed E-state index contributed by atoms with van der Waals surface area (Å²) in [6.45, 7) is 3.56. The third kappa shape index (κ3) is 3.64. The van der Waals surface area contributed by atoms with Crippen molar-refractivity contribution in [3.63, 3.8) is 0 Å². The average molecular weight is 357 g/mol. The Morgan fingerprint density at radius 3 is 2.82 bits per heavy atom. The van der Waals surface area contributed by atoms with Crippen LogP contribution in [0.15, 0.2) is 63.7 Å². The SMILES string of the molecule is Cc1cc(Br)ccc1-c1ccc(CNCc2cccnc2)o1. The Morgan fingerprint density at radius 1 is 1.14 bits per heavy atom. The van der Waals surface area contributed by atoms with Gasteiger partial charge in [0.1, 0.15) is 11.5 Å². The van der Waals surface area contributed by atoms with E-state index in [0.29, 0.717) is 6.54 Å². The molecule has 3 nitrogen and oxygen atoms in total. The second kappa shape index (κ2) is 6.90. The van der Waals surface area contributed by atoms with Crippen LogP contribution in [0.5, 0.6) is 0 Å². The molecule has 0 saturated heterocycles. The molecule has 4 heteroatoms. The minimum Gasteiger partial charge on any atom is -0.460 e. The van der Waals surface area contributed by atoms with E-state index in [4.69, 9.17) is 4.42 Å². The van der Waals surface area contributed by atoms with Crippen LogP contribution < -0.4 is 5.32 Å². The van der Waals surface area contributed by atoms with Crippen molar-refractivity contribution in [1.82, 2.24) is 10.3 Å². The van der Waals surface area contributed by atoms with E-state index in [2.05, 4.69) is 51.4 Å². The van der Waals surface area contributed by atoms with Crippen LogP contribution in [0.2, 0.25) is 0 Å². The first kappa shape index (κ1) is 15.0. The van der Waals surface area contributed by atoms with Gasteiger partial charge in [-0.3, -0.25) is 4.98 Å². The predicted octanol–water partition coefficient (Wildman–Crippen LogP) is 4.70. The number of furan rings is 1. The molecule has 2 aromatic heterocycles. The number of halogens is 1. The Balaban J connectivity index is 1.64. The van der Waals surface area contributed by atoms with Crippen molar-refractivity contribution in [3.8, 4) is 11.3 Å². The van der Waals surface area contributed by atoms with Crippen LogP contribution in [-0.2, 0) is 13.1 Å². The Hall–Kier alpha value is -1.91. The van der Waals surface area contributed by atoms with E-state index < -0.39 is 0 Å². The topological polar surface area (TPSA) is 38.1 Å². The van der Waals surface area contributed by atoms with Crippen LogP contribution in [0.4, 0.5) is 0 Å². The van der Waals surface area contributed by atoms with Gasteiger partial charge in [0.15, 0.2) is 0 Å². The molecule has 0 bridgehead atoms. The van der Waals surface area contributed by atoms with Gasteiger partial charge in [-0.1, -0.05) is 22.0 Å². The Labute approximate surface area is 138 Å². The van der Waals surface area contributed by atoms with Crippen molar-refractivity contribution >= 4 is 15.9 Å². The predicted molar refractivity (Wildman–Crippen MR) is 91.4 cm³/mol. The highest BCUT2D eigenvalue weighted by molar-refractivity contribution is 9.10. The van der Waals surface area contributed by atoms with E-state index >= 15 is 0 Å². The molecule has 0 radical (unpaired) electrons. The molecule has 3 rings (SSSR count). The van der Waals surface area contributed by atoms with Crippen molar-refractivity contribution in [2.75, 3.05) is 0 Å². The molecule has 1 N–H and O–H groups in total. The molecule has 0 fully saturated rings. The number of pyridine rings is 1. The molecule has 3 aromatic rings. The summed E-state index contributed by atoms with van der Waals surface area (Å²) >= 11 is 3.48. The fourth-order valence-electron chi connectivity index (χ4n) is 2.35. The summed E-state index contributed by atoms with van der Waals surface area (Å²) in [5.41, 5.74) is 3.48. The van der Waals surface area contributed by atoms with Crippen LogP contribution in [0.25, 0.3) is 11.3 Å². The van der Waals surface area contributed by atoms with E-state index in [1.54, 1.807) is 6.20 Å². The van der Waals surface area contributed by atoms with Crippen molar-refractivity contribution in [1.29, 1.82) is 0 Å². The molecule has 1 aromatic carbocycles. The summed E-state index contributed by atoms with van der Waals surface area (Å²) < 4.78 is 7.02. The van der Waals surface area contributed by atoms with Crippen molar-refractivity contribution in [2.45, 2.75) is 20.0 Å². The van der Waals surface area contributed by atoms with Gasteiger partial charge in [0, 0.05) is 29.0 Å². The summed E-state index contributed by atoms with van der Waals surface area (Å²) in [4.78, 5) is 4.10. The normalized spacial score (nSPS) is 10.8. The number of rotatable bonds is 5. The number of benzene rings is 1. The fourth-order valence-corrected chi connectivity index (χ4v) is 2.83. The first-order valence-corrected chi connectivity index (χ1v) is 7.96. The minimum absolute atomic E-state index is 0.699. The smallest absolute Gasteiger partial charge is 0.134 e. The highest BCUT2D eigenvalue weighted by atomic mass is 79.9. The lowest BCUT2D eigenvalue weighted by atomic mass is 10.1. The van der Waals surface area contributed by atoms with Crippen LogP contribution in [-0.4, -0.2) is 4.98 Å². The maximum absolute atomic E-state index is 5.93. The number of nitrogens with zero attached hydrogens (tertiary/aromatic N) is 1. The van der Waals surface area contributed by atoms with Crippen LogP contribution in [0.3, 0.4) is 0 Å². The number of nitrogens with one attached hydrogen (secondary N) is 1. The van der Waals surface area contributed by atoms with Crippen LogP contribution in [0.1, 0.15) is 16.9 Å². The fraction of sp³-hybridized carbons (Fsp3) is 0.167. The highest BCUT2D eigenvalue weighted by Crippen LogP contribution is 2.27. The van der Waals surface area contributed by atoms with Gasteiger partial charge in [-0.15, -0.1) is 0 Å². The number of hydrogen-bond donors (Lipinski definition) is 1. The van der Waals surface area contributed by atoms with Crippen molar-refractivity contribution < 1.29 is 4.42 Å². The molecule has 0 unspecified atom stereocenters. The molecule has 2 heterocycles. The van der Waals surface area contributed by atoms with Gasteiger partial charge in [-0.05, 0) is 54.4 Å². The summed E-state index contributed by atoms with van der Waals surface area (Å²) in [6.07, 6.45) is 3.65. The van der Waals surface area contributed by atoms with Gasteiger partial charge in [0.2, 0.25) is 0 Å². The Kier molecular flexibility index (Phi) is 4.71. The average Bonchev–Trinajstić information content (AvgIpc) is 2.97. The summed E-state index contributed by atoms with van der Waals surface area (Å²) in [5, 5.41) is 3.37. The summed E-state index contributed by atoms with van der Waals surface area (Å²) in [6, 6.07) is 14.2. The van der Waals surface area contributed by atoms with Crippen LogP contribution in [0, 0.1) is 6.92 Å². The Morgan fingerprint density at radius 2 is 2.05 bits per heavy atom. The molecule has 112 valence electrons. The minimum atomic E-state index is 0.699. The van der Waals surface area contributed by atoms with Crippen molar-refractivity contribution in [3.05, 3.63) is 76.2 Å². The lowest BCUT2D eigenvalue weighted by Gasteiger charge is -2.04. The van der Waals surface area contributed by atoms with E-state index in [0.717, 1.165) is 33.7 Å². The van der Waals surface area contributed by atoms with Crippen LogP contribution >= 0.6 is 15.9 Å². The number of aromatic nitrogens is 1. The van der Waals surface area contributed by atoms with Crippen molar-refractivity contribution in [2.24, 2.45) is 0 Å². The van der Waals surface area contributed by atoms with Gasteiger partial charge in [-0.25, -0.2) is 0 Å². The standard InChI is InChI=1S/C18H17BrN2O/c1-13-9-15(19)4-6-17(13)18-7-5-16(22-18)12-21-11-14-3-2-8-20-10-14/h2-10,21H,11-12H2,1H3. The highest BCUT2D eigenvalue weighted by Gasteiger charge is 2.07. The monoisotopic (exact) mass is 356 g/mol. The maximum Gasteiger partial charge on any atom is 0.134 e. The molecule has 0 aliphatic rings. The molecule has 0 amide bonds. The second-order valence-corrected chi connectivity index (χ2v) is 6.11. The molecule has 0 atom stereocenters. The maximum atomic E-state index is 5.93. The van der Waals surface area contributed by atoms with Gasteiger partial charge in [0.25, 0.3) is 0 Å². The molecule has 0 spiro atoms. The third-order valence-corrected chi connectivity index (χ3v) is 3.96. The number of hydrogen-bond acceptors (Lipinski definition) is 3. The largest absolute Gasteiger partial charge is 0.460 e. The third-order valence-electron chi connectivity index (χ3n) is 3.47. The molecule has 22 heavy (non-hydrogen) atoms. The van der Waals surface area contributed by atoms with E-state index in [-0.39, 0.29) is 0 Å². The second-order valence-electron chi connectivity index (χ2n) is 5.19. The first-order valence-electron chi connectivity index (χ1n) is 7.17. The van der Waals surface area contributed by atoms with E-state index in [9.17, 15) is 0 Å².